The SMILES string of the molecule is O=C(O)c1csc(-c2cccc(OC(F)F)c2)c1. The van der Waals surface area contributed by atoms with Crippen LogP contribution in [0, 0.1) is 0 Å². The zero-order valence-electron chi connectivity index (χ0n) is 8.97. The number of benzene rings is 1. The van der Waals surface area contributed by atoms with Crippen LogP contribution in [0.2, 0.25) is 0 Å². The standard InChI is InChI=1S/C12H8F2O3S/c13-12(14)17-9-3-1-2-7(4-9)10-5-8(6-18-10)11(15)16/h1-6,12H,(H,15,16). The van der Waals surface area contributed by atoms with Gasteiger partial charge in [-0.15, -0.1) is 11.3 Å². The van der Waals surface area contributed by atoms with Crippen molar-refractivity contribution in [2.45, 2.75) is 6.61 Å². The summed E-state index contributed by atoms with van der Waals surface area (Å²) >= 11 is 1.23. The molecule has 0 atom stereocenters. The van der Waals surface area contributed by atoms with Gasteiger partial charge in [-0.25, -0.2) is 4.79 Å². The zero-order chi connectivity index (χ0) is 13.1. The van der Waals surface area contributed by atoms with E-state index in [-0.39, 0.29) is 11.3 Å². The molecule has 1 heterocycles. The molecule has 0 radical (unpaired) electrons. The molecule has 0 aliphatic heterocycles. The van der Waals surface area contributed by atoms with Crippen molar-refractivity contribution in [2.24, 2.45) is 0 Å². The summed E-state index contributed by atoms with van der Waals surface area (Å²) in [5, 5.41) is 10.3. The number of hydrogen-bond donors (Lipinski definition) is 1. The molecule has 0 aliphatic rings. The second-order valence-corrected chi connectivity index (χ2v) is 4.32. The number of rotatable bonds is 4. The Bertz CT molecular complexity index is 566. The Labute approximate surface area is 105 Å². The first-order valence-corrected chi connectivity index (χ1v) is 5.81. The number of carboxylic acids is 1. The minimum Gasteiger partial charge on any atom is -0.478 e. The van der Waals surface area contributed by atoms with E-state index in [9.17, 15) is 13.6 Å². The number of thiophene rings is 1. The minimum absolute atomic E-state index is 0.0489. The van der Waals surface area contributed by atoms with Crippen molar-refractivity contribution in [3.05, 3.63) is 41.3 Å². The summed E-state index contributed by atoms with van der Waals surface area (Å²) in [7, 11) is 0. The molecular weight excluding hydrogens is 262 g/mol. The fourth-order valence-corrected chi connectivity index (χ4v) is 2.31. The van der Waals surface area contributed by atoms with Crippen molar-refractivity contribution < 1.29 is 23.4 Å². The number of halogens is 2. The number of carboxylic acid groups (broad SMARTS) is 1. The fourth-order valence-electron chi connectivity index (χ4n) is 1.43. The average molecular weight is 270 g/mol. The molecule has 0 amide bonds. The van der Waals surface area contributed by atoms with E-state index in [1.165, 1.54) is 34.9 Å². The van der Waals surface area contributed by atoms with Gasteiger partial charge in [-0.05, 0) is 23.8 Å². The van der Waals surface area contributed by atoms with Gasteiger partial charge in [0, 0.05) is 10.3 Å². The van der Waals surface area contributed by atoms with Crippen molar-refractivity contribution in [3.63, 3.8) is 0 Å². The van der Waals surface area contributed by atoms with Crippen LogP contribution in [-0.2, 0) is 0 Å². The lowest BCUT2D eigenvalue weighted by Gasteiger charge is -2.05. The topological polar surface area (TPSA) is 46.5 Å². The molecule has 1 aromatic heterocycles. The van der Waals surface area contributed by atoms with Gasteiger partial charge in [0.2, 0.25) is 0 Å². The molecule has 3 nitrogen and oxygen atoms in total. The van der Waals surface area contributed by atoms with E-state index >= 15 is 0 Å². The summed E-state index contributed by atoms with van der Waals surface area (Å²) in [5.74, 6) is -0.967. The van der Waals surface area contributed by atoms with E-state index in [0.717, 1.165) is 0 Å². The molecule has 0 unspecified atom stereocenters. The van der Waals surface area contributed by atoms with E-state index in [4.69, 9.17) is 5.11 Å². The van der Waals surface area contributed by atoms with Crippen LogP contribution >= 0.6 is 11.3 Å². The van der Waals surface area contributed by atoms with Crippen LogP contribution in [0.3, 0.4) is 0 Å². The quantitative estimate of drug-likeness (QED) is 0.921. The second-order valence-electron chi connectivity index (χ2n) is 3.41. The first kappa shape index (κ1) is 12.5. The number of aromatic carboxylic acids is 1. The van der Waals surface area contributed by atoms with Gasteiger partial charge in [-0.1, -0.05) is 12.1 Å². The summed E-state index contributed by atoms with van der Waals surface area (Å²) in [6.07, 6.45) is 0. The molecule has 1 aromatic carbocycles. The summed E-state index contributed by atoms with van der Waals surface area (Å²) in [5.41, 5.74) is 0.820. The Morgan fingerprint density at radius 2 is 2.11 bits per heavy atom. The number of hydrogen-bond acceptors (Lipinski definition) is 3. The lowest BCUT2D eigenvalue weighted by atomic mass is 10.1. The molecule has 0 aliphatic carbocycles. The number of alkyl halides is 2. The van der Waals surface area contributed by atoms with Gasteiger partial charge < -0.3 is 9.84 Å². The van der Waals surface area contributed by atoms with Crippen LogP contribution in [0.4, 0.5) is 8.78 Å². The highest BCUT2D eigenvalue weighted by molar-refractivity contribution is 7.13. The third kappa shape index (κ3) is 2.84. The maximum Gasteiger partial charge on any atom is 0.387 e. The highest BCUT2D eigenvalue weighted by atomic mass is 32.1. The van der Waals surface area contributed by atoms with Gasteiger partial charge in [0.05, 0.1) is 5.56 Å². The van der Waals surface area contributed by atoms with Crippen LogP contribution in [-0.4, -0.2) is 17.7 Å². The third-order valence-electron chi connectivity index (χ3n) is 2.19. The predicted octanol–water partition coefficient (Wildman–Crippen LogP) is 3.71. The van der Waals surface area contributed by atoms with Crippen LogP contribution < -0.4 is 4.74 Å². The van der Waals surface area contributed by atoms with Crippen LogP contribution in [0.5, 0.6) is 5.75 Å². The normalized spacial score (nSPS) is 10.6. The summed E-state index contributed by atoms with van der Waals surface area (Å²) in [6, 6.07) is 7.64. The Morgan fingerprint density at radius 1 is 1.33 bits per heavy atom. The van der Waals surface area contributed by atoms with Crippen LogP contribution in [0.1, 0.15) is 10.4 Å². The molecule has 0 saturated carbocycles. The van der Waals surface area contributed by atoms with Gasteiger partial charge in [0.15, 0.2) is 0 Å². The average Bonchev–Trinajstić information content (AvgIpc) is 2.77. The van der Waals surface area contributed by atoms with E-state index in [1.54, 1.807) is 12.1 Å². The lowest BCUT2D eigenvalue weighted by molar-refractivity contribution is -0.0498. The second kappa shape index (κ2) is 5.14. The van der Waals surface area contributed by atoms with Crippen LogP contribution in [0.25, 0.3) is 10.4 Å². The largest absolute Gasteiger partial charge is 0.478 e. The van der Waals surface area contributed by atoms with Gasteiger partial charge >= 0.3 is 12.6 Å². The summed E-state index contributed by atoms with van der Waals surface area (Å²) in [6.45, 7) is -2.88. The molecule has 0 bridgehead atoms. The Kier molecular flexibility index (Phi) is 3.57. The van der Waals surface area contributed by atoms with Crippen molar-refractivity contribution in [3.8, 4) is 16.2 Å². The molecule has 6 heteroatoms. The van der Waals surface area contributed by atoms with E-state index in [0.29, 0.717) is 10.4 Å². The van der Waals surface area contributed by atoms with Crippen LogP contribution in [0.15, 0.2) is 35.7 Å². The Balaban J connectivity index is 2.29. The first-order valence-electron chi connectivity index (χ1n) is 4.93. The molecule has 94 valence electrons. The molecule has 2 aromatic rings. The minimum atomic E-state index is -2.88. The van der Waals surface area contributed by atoms with Crippen molar-refractivity contribution in [1.82, 2.24) is 0 Å². The van der Waals surface area contributed by atoms with Crippen molar-refractivity contribution in [1.29, 1.82) is 0 Å². The fraction of sp³-hybridized carbons (Fsp3) is 0.0833. The lowest BCUT2D eigenvalue weighted by Crippen LogP contribution is -2.01. The van der Waals surface area contributed by atoms with E-state index in [2.05, 4.69) is 4.74 Å². The van der Waals surface area contributed by atoms with Gasteiger partial charge in [0.1, 0.15) is 5.75 Å². The highest BCUT2D eigenvalue weighted by Gasteiger charge is 2.10. The van der Waals surface area contributed by atoms with E-state index in [1.807, 2.05) is 0 Å². The summed E-state index contributed by atoms with van der Waals surface area (Å²) in [4.78, 5) is 11.4. The molecule has 0 spiro atoms. The molecule has 0 saturated heterocycles. The first-order chi connectivity index (χ1) is 8.56. The molecule has 0 fully saturated rings. The smallest absolute Gasteiger partial charge is 0.387 e. The van der Waals surface area contributed by atoms with Gasteiger partial charge in [0.25, 0.3) is 0 Å². The monoisotopic (exact) mass is 270 g/mol. The number of ether oxygens (including phenoxy) is 1. The zero-order valence-corrected chi connectivity index (χ0v) is 9.79. The molecular formula is C12H8F2O3S. The van der Waals surface area contributed by atoms with Crippen molar-refractivity contribution >= 4 is 17.3 Å². The Morgan fingerprint density at radius 3 is 2.72 bits per heavy atom. The maximum absolute atomic E-state index is 12.1. The van der Waals surface area contributed by atoms with Gasteiger partial charge in [-0.3, -0.25) is 0 Å². The highest BCUT2D eigenvalue weighted by Crippen LogP contribution is 2.30. The maximum atomic E-state index is 12.1. The predicted molar refractivity (Wildman–Crippen MR) is 63.3 cm³/mol. The molecule has 2 rings (SSSR count). The summed E-state index contributed by atoms with van der Waals surface area (Å²) < 4.78 is 28.4. The molecule has 1 N–H and O–H groups in total. The third-order valence-corrected chi connectivity index (χ3v) is 3.17. The van der Waals surface area contributed by atoms with Crippen molar-refractivity contribution in [2.75, 3.05) is 0 Å². The van der Waals surface area contributed by atoms with Gasteiger partial charge in [-0.2, -0.15) is 8.78 Å². The number of carbonyl (C=O) groups is 1. The molecule has 18 heavy (non-hydrogen) atoms. The van der Waals surface area contributed by atoms with E-state index < -0.39 is 12.6 Å². The Hall–Kier alpha value is -1.95.